The van der Waals surface area contributed by atoms with Crippen molar-refractivity contribution in [3.05, 3.63) is 64.9 Å². The van der Waals surface area contributed by atoms with E-state index in [1.807, 2.05) is 48.7 Å². The van der Waals surface area contributed by atoms with E-state index >= 15 is 0 Å². The first-order valence-corrected chi connectivity index (χ1v) is 11.7. The molecule has 0 N–H and O–H groups in total. The average Bonchev–Trinajstić information content (AvgIpc) is 3.15. The van der Waals surface area contributed by atoms with Gasteiger partial charge >= 0.3 is 0 Å². The molecule has 1 fully saturated rings. The molecule has 0 bridgehead atoms. The van der Waals surface area contributed by atoms with Crippen LogP contribution < -0.4 is 0 Å². The van der Waals surface area contributed by atoms with Gasteiger partial charge in [0.1, 0.15) is 5.82 Å². The summed E-state index contributed by atoms with van der Waals surface area (Å²) in [5.41, 5.74) is 2.65. The lowest BCUT2D eigenvalue weighted by molar-refractivity contribution is 0.102. The van der Waals surface area contributed by atoms with E-state index in [4.69, 9.17) is 0 Å². The van der Waals surface area contributed by atoms with Gasteiger partial charge in [0, 0.05) is 29.2 Å². The lowest BCUT2D eigenvalue weighted by Gasteiger charge is -2.09. The summed E-state index contributed by atoms with van der Waals surface area (Å²) in [5, 5.41) is 11.7. The summed E-state index contributed by atoms with van der Waals surface area (Å²) in [4.78, 5) is 18.6. The second-order valence-electron chi connectivity index (χ2n) is 7.40. The standard InChI is InChI=1S/C22H21N5OS2/c1-14-12-17(15(2)26(14)20-7-3-4-10-23-20)18(28)13-30-22-25-24-21(19-6-5-11-29-19)27(22)16-8-9-16/h3-7,10-12,16H,8-9,13H2,1-2H3. The van der Waals surface area contributed by atoms with Crippen LogP contribution in [0.25, 0.3) is 16.5 Å². The van der Waals surface area contributed by atoms with Crippen molar-refractivity contribution in [1.82, 2.24) is 24.3 Å². The van der Waals surface area contributed by atoms with Gasteiger partial charge in [0.25, 0.3) is 0 Å². The molecule has 4 heterocycles. The van der Waals surface area contributed by atoms with Gasteiger partial charge in [-0.05, 0) is 56.3 Å². The second kappa shape index (κ2) is 7.85. The molecular weight excluding hydrogens is 414 g/mol. The minimum absolute atomic E-state index is 0.0956. The minimum Gasteiger partial charge on any atom is -0.302 e. The van der Waals surface area contributed by atoms with Crippen LogP contribution >= 0.6 is 23.1 Å². The molecule has 1 saturated carbocycles. The molecular formula is C22H21N5OS2. The first kappa shape index (κ1) is 19.3. The Labute approximate surface area is 183 Å². The van der Waals surface area contributed by atoms with Gasteiger partial charge in [-0.3, -0.25) is 9.36 Å². The van der Waals surface area contributed by atoms with E-state index < -0.39 is 0 Å². The summed E-state index contributed by atoms with van der Waals surface area (Å²) in [6.07, 6.45) is 4.05. The molecule has 0 unspecified atom stereocenters. The number of thioether (sulfide) groups is 1. The van der Waals surface area contributed by atoms with Crippen LogP contribution in [-0.4, -0.2) is 35.9 Å². The summed E-state index contributed by atoms with van der Waals surface area (Å²) < 4.78 is 4.24. The van der Waals surface area contributed by atoms with Gasteiger partial charge < -0.3 is 4.57 Å². The van der Waals surface area contributed by atoms with Crippen molar-refractivity contribution in [3.63, 3.8) is 0 Å². The van der Waals surface area contributed by atoms with E-state index in [1.165, 1.54) is 11.8 Å². The third kappa shape index (κ3) is 3.50. The quantitative estimate of drug-likeness (QED) is 0.298. The number of nitrogens with zero attached hydrogens (tertiary/aromatic N) is 5. The number of hydrogen-bond donors (Lipinski definition) is 0. The second-order valence-corrected chi connectivity index (χ2v) is 9.29. The monoisotopic (exact) mass is 435 g/mol. The number of carbonyl (C=O) groups is 1. The van der Waals surface area contributed by atoms with Crippen LogP contribution in [0, 0.1) is 13.8 Å². The Morgan fingerprint density at radius 1 is 1.20 bits per heavy atom. The molecule has 0 radical (unpaired) electrons. The molecule has 1 aliphatic rings. The highest BCUT2D eigenvalue weighted by Crippen LogP contribution is 2.41. The van der Waals surface area contributed by atoms with Crippen molar-refractivity contribution in [3.8, 4) is 16.5 Å². The Morgan fingerprint density at radius 2 is 2.07 bits per heavy atom. The number of carbonyl (C=O) groups excluding carboxylic acids is 1. The highest BCUT2D eigenvalue weighted by atomic mass is 32.2. The Kier molecular flexibility index (Phi) is 5.04. The van der Waals surface area contributed by atoms with Gasteiger partial charge in [-0.25, -0.2) is 4.98 Å². The first-order chi connectivity index (χ1) is 14.6. The highest BCUT2D eigenvalue weighted by Gasteiger charge is 2.31. The number of aromatic nitrogens is 5. The van der Waals surface area contributed by atoms with Crippen LogP contribution in [0.2, 0.25) is 0 Å². The molecule has 1 aliphatic carbocycles. The van der Waals surface area contributed by atoms with Gasteiger partial charge in [0.15, 0.2) is 16.8 Å². The van der Waals surface area contributed by atoms with Gasteiger partial charge in [-0.2, -0.15) is 0 Å². The predicted molar refractivity (Wildman–Crippen MR) is 120 cm³/mol. The Bertz CT molecular complexity index is 1190. The molecule has 0 spiro atoms. The van der Waals surface area contributed by atoms with E-state index in [-0.39, 0.29) is 5.78 Å². The van der Waals surface area contributed by atoms with Crippen LogP contribution in [0.3, 0.4) is 0 Å². The fourth-order valence-electron chi connectivity index (χ4n) is 3.70. The molecule has 0 aromatic carbocycles. The van der Waals surface area contributed by atoms with Gasteiger partial charge in [0.05, 0.1) is 10.6 Å². The summed E-state index contributed by atoms with van der Waals surface area (Å²) in [5.74, 6) is 2.17. The number of aryl methyl sites for hydroxylation is 1. The fourth-order valence-corrected chi connectivity index (χ4v) is 5.30. The minimum atomic E-state index is 0.0956. The lowest BCUT2D eigenvalue weighted by atomic mass is 10.2. The summed E-state index contributed by atoms with van der Waals surface area (Å²) in [7, 11) is 0. The van der Waals surface area contributed by atoms with Crippen LogP contribution in [0.4, 0.5) is 0 Å². The molecule has 8 heteroatoms. The zero-order valence-electron chi connectivity index (χ0n) is 16.8. The van der Waals surface area contributed by atoms with Crippen LogP contribution in [0.15, 0.2) is 53.1 Å². The van der Waals surface area contributed by atoms with E-state index in [2.05, 4.69) is 31.2 Å². The Morgan fingerprint density at radius 3 is 2.77 bits per heavy atom. The topological polar surface area (TPSA) is 65.6 Å². The smallest absolute Gasteiger partial charge is 0.192 e. The van der Waals surface area contributed by atoms with E-state index in [0.29, 0.717) is 11.8 Å². The molecule has 6 nitrogen and oxygen atoms in total. The number of thiophene rings is 1. The van der Waals surface area contributed by atoms with Gasteiger partial charge in [0.2, 0.25) is 0 Å². The molecule has 0 saturated heterocycles. The van der Waals surface area contributed by atoms with Crippen molar-refractivity contribution in [2.45, 2.75) is 37.9 Å². The van der Waals surface area contributed by atoms with Gasteiger partial charge in [-0.15, -0.1) is 21.5 Å². The summed E-state index contributed by atoms with van der Waals surface area (Å²) >= 11 is 3.14. The molecule has 0 atom stereocenters. The molecule has 152 valence electrons. The fraction of sp³-hybridized carbons (Fsp3) is 0.273. The van der Waals surface area contributed by atoms with E-state index in [1.54, 1.807) is 17.5 Å². The van der Waals surface area contributed by atoms with Crippen molar-refractivity contribution < 1.29 is 4.79 Å². The molecule has 30 heavy (non-hydrogen) atoms. The Balaban J connectivity index is 1.38. The zero-order chi connectivity index (χ0) is 20.7. The third-order valence-corrected chi connectivity index (χ3v) is 7.07. The lowest BCUT2D eigenvalue weighted by Crippen LogP contribution is -2.07. The van der Waals surface area contributed by atoms with Crippen LogP contribution in [-0.2, 0) is 0 Å². The number of Topliss-reactive ketones (excluding diaryl/α,β-unsaturated/α-hetero) is 1. The maximum atomic E-state index is 13.1. The van der Waals surface area contributed by atoms with E-state index in [0.717, 1.165) is 51.5 Å². The van der Waals surface area contributed by atoms with Crippen molar-refractivity contribution in [1.29, 1.82) is 0 Å². The molecule has 4 aromatic heterocycles. The van der Waals surface area contributed by atoms with Crippen LogP contribution in [0.5, 0.6) is 0 Å². The number of rotatable bonds is 7. The largest absolute Gasteiger partial charge is 0.302 e. The van der Waals surface area contributed by atoms with E-state index in [9.17, 15) is 4.79 Å². The van der Waals surface area contributed by atoms with Crippen molar-refractivity contribution in [2.75, 3.05) is 5.75 Å². The normalized spacial score (nSPS) is 13.7. The highest BCUT2D eigenvalue weighted by molar-refractivity contribution is 7.99. The summed E-state index contributed by atoms with van der Waals surface area (Å²) in [6, 6.07) is 12.3. The predicted octanol–water partition coefficient (Wildman–Crippen LogP) is 5.12. The number of ketones is 1. The zero-order valence-corrected chi connectivity index (χ0v) is 18.4. The summed E-state index contributed by atoms with van der Waals surface area (Å²) in [6.45, 7) is 3.98. The van der Waals surface area contributed by atoms with Crippen LogP contribution in [0.1, 0.15) is 40.6 Å². The van der Waals surface area contributed by atoms with Crippen molar-refractivity contribution >= 4 is 28.9 Å². The molecule has 5 rings (SSSR count). The third-order valence-electron chi connectivity index (χ3n) is 5.26. The van der Waals surface area contributed by atoms with Gasteiger partial charge in [-0.1, -0.05) is 23.9 Å². The maximum Gasteiger partial charge on any atom is 0.192 e. The number of pyridine rings is 1. The average molecular weight is 436 g/mol. The Hall–Kier alpha value is -2.71. The van der Waals surface area contributed by atoms with Crippen molar-refractivity contribution in [2.24, 2.45) is 0 Å². The maximum absolute atomic E-state index is 13.1. The SMILES string of the molecule is Cc1cc(C(=O)CSc2nnc(-c3cccs3)n2C2CC2)c(C)n1-c1ccccn1. The molecule has 4 aromatic rings. The molecule has 0 amide bonds. The first-order valence-electron chi connectivity index (χ1n) is 9.88. The number of hydrogen-bond acceptors (Lipinski definition) is 6. The molecule has 0 aliphatic heterocycles.